The summed E-state index contributed by atoms with van der Waals surface area (Å²) in [4.78, 5) is 16.8. The summed E-state index contributed by atoms with van der Waals surface area (Å²) < 4.78 is 46.6. The summed E-state index contributed by atoms with van der Waals surface area (Å²) >= 11 is 6.12. The highest BCUT2D eigenvalue weighted by Gasteiger charge is 2.30. The average Bonchev–Trinajstić information content (AvgIpc) is 3.57. The van der Waals surface area contributed by atoms with Crippen LogP contribution in [0.1, 0.15) is 28.8 Å². The molecule has 2 aliphatic rings. The summed E-state index contributed by atoms with van der Waals surface area (Å²) in [5, 5.41) is 0.0891. The van der Waals surface area contributed by atoms with Crippen LogP contribution in [0.25, 0.3) is 0 Å². The Labute approximate surface area is 192 Å². The van der Waals surface area contributed by atoms with Gasteiger partial charge in [-0.2, -0.15) is 0 Å². The summed E-state index contributed by atoms with van der Waals surface area (Å²) in [6, 6.07) is 9.18. The number of ether oxygens (including phenoxy) is 1. The molecule has 172 valence electrons. The number of halogens is 2. The molecule has 2 fully saturated rings. The lowest BCUT2D eigenvalue weighted by Crippen LogP contribution is -2.48. The molecule has 0 bridgehead atoms. The lowest BCUT2D eigenvalue weighted by molar-refractivity contribution is 0.0628. The number of nitrogens with zero attached hydrogens (tertiary/aromatic N) is 2. The number of amides is 1. The molecule has 7 nitrogen and oxygen atoms in total. The van der Waals surface area contributed by atoms with Gasteiger partial charge in [-0.25, -0.2) is 17.5 Å². The molecule has 1 saturated carbocycles. The van der Waals surface area contributed by atoms with Crippen LogP contribution in [0.2, 0.25) is 5.02 Å². The van der Waals surface area contributed by atoms with Crippen molar-refractivity contribution < 1.29 is 22.3 Å². The largest absolute Gasteiger partial charge is 0.494 e. The molecule has 0 unspecified atom stereocenters. The maximum Gasteiger partial charge on any atom is 0.253 e. The molecule has 1 aliphatic carbocycles. The Balaban J connectivity index is 1.39. The summed E-state index contributed by atoms with van der Waals surface area (Å²) in [5.74, 6) is -0.427. The number of rotatable bonds is 7. The van der Waals surface area contributed by atoms with Crippen molar-refractivity contribution in [3.63, 3.8) is 0 Å². The van der Waals surface area contributed by atoms with Crippen LogP contribution >= 0.6 is 11.6 Å². The second-order valence-electron chi connectivity index (χ2n) is 8.08. The van der Waals surface area contributed by atoms with E-state index in [1.165, 1.54) is 25.3 Å². The zero-order valence-corrected chi connectivity index (χ0v) is 19.3. The van der Waals surface area contributed by atoms with Crippen LogP contribution in [-0.4, -0.2) is 63.5 Å². The molecule has 0 spiro atoms. The second-order valence-corrected chi connectivity index (χ2v) is 10.2. The van der Waals surface area contributed by atoms with Crippen LogP contribution in [0.15, 0.2) is 41.3 Å². The van der Waals surface area contributed by atoms with Gasteiger partial charge in [0, 0.05) is 44.3 Å². The minimum absolute atomic E-state index is 0.0531. The third-order valence-electron chi connectivity index (χ3n) is 5.65. The molecule has 0 atom stereocenters. The summed E-state index contributed by atoms with van der Waals surface area (Å²) in [6.45, 7) is 2.80. The van der Waals surface area contributed by atoms with E-state index < -0.39 is 15.8 Å². The van der Waals surface area contributed by atoms with E-state index in [1.807, 2.05) is 6.07 Å². The minimum Gasteiger partial charge on any atom is -0.494 e. The molecule has 2 aromatic carbocycles. The van der Waals surface area contributed by atoms with Crippen LogP contribution in [-0.2, 0) is 16.6 Å². The molecule has 1 amide bonds. The third kappa shape index (κ3) is 5.23. The van der Waals surface area contributed by atoms with Gasteiger partial charge in [0.25, 0.3) is 5.91 Å². The highest BCUT2D eigenvalue weighted by atomic mass is 35.5. The zero-order chi connectivity index (χ0) is 22.9. The summed E-state index contributed by atoms with van der Waals surface area (Å²) in [5.41, 5.74) is 1.12. The number of sulfonamides is 1. The molecule has 0 aromatic heterocycles. The van der Waals surface area contributed by atoms with Gasteiger partial charge in [0.05, 0.1) is 12.1 Å². The Bertz CT molecular complexity index is 1120. The van der Waals surface area contributed by atoms with Gasteiger partial charge in [-0.05, 0) is 48.7 Å². The molecule has 2 aromatic rings. The SMILES string of the molecule is COc1ccc(CN2CCN(C(=O)c3ccc(Cl)c(S(=O)(=O)NC4CC4)c3)CC2)cc1F. The number of piperazine rings is 1. The maximum absolute atomic E-state index is 13.9. The highest BCUT2D eigenvalue weighted by Crippen LogP contribution is 2.27. The molecule has 10 heteroatoms. The monoisotopic (exact) mass is 481 g/mol. The number of carbonyl (C=O) groups is 1. The van der Waals surface area contributed by atoms with Gasteiger partial charge in [0.1, 0.15) is 4.90 Å². The van der Waals surface area contributed by atoms with Crippen LogP contribution in [0.5, 0.6) is 5.75 Å². The van der Waals surface area contributed by atoms with Crippen molar-refractivity contribution in [2.45, 2.75) is 30.3 Å². The van der Waals surface area contributed by atoms with Crippen molar-refractivity contribution >= 4 is 27.5 Å². The van der Waals surface area contributed by atoms with E-state index in [-0.39, 0.29) is 33.2 Å². The Morgan fingerprint density at radius 1 is 1.16 bits per heavy atom. The van der Waals surface area contributed by atoms with Gasteiger partial charge in [0.15, 0.2) is 11.6 Å². The Morgan fingerprint density at radius 2 is 1.88 bits per heavy atom. The molecule has 0 radical (unpaired) electrons. The molecule has 1 saturated heterocycles. The van der Waals surface area contributed by atoms with E-state index in [0.717, 1.165) is 18.4 Å². The number of benzene rings is 2. The van der Waals surface area contributed by atoms with Crippen LogP contribution in [0, 0.1) is 5.82 Å². The van der Waals surface area contributed by atoms with E-state index in [2.05, 4.69) is 9.62 Å². The topological polar surface area (TPSA) is 79.0 Å². The van der Waals surface area contributed by atoms with E-state index >= 15 is 0 Å². The van der Waals surface area contributed by atoms with Crippen molar-refractivity contribution in [1.82, 2.24) is 14.5 Å². The Morgan fingerprint density at radius 3 is 2.50 bits per heavy atom. The van der Waals surface area contributed by atoms with E-state index in [4.69, 9.17) is 16.3 Å². The van der Waals surface area contributed by atoms with Crippen molar-refractivity contribution in [3.05, 3.63) is 58.4 Å². The Kier molecular flexibility index (Phi) is 6.71. The van der Waals surface area contributed by atoms with Crippen LogP contribution < -0.4 is 9.46 Å². The van der Waals surface area contributed by atoms with Gasteiger partial charge in [-0.15, -0.1) is 0 Å². The molecule has 1 aliphatic heterocycles. The van der Waals surface area contributed by atoms with Gasteiger partial charge < -0.3 is 9.64 Å². The number of hydrogen-bond acceptors (Lipinski definition) is 5. The smallest absolute Gasteiger partial charge is 0.253 e. The summed E-state index contributed by atoms with van der Waals surface area (Å²) in [7, 11) is -2.34. The molecule has 1 N–H and O–H groups in total. The predicted molar refractivity (Wildman–Crippen MR) is 119 cm³/mol. The van der Waals surface area contributed by atoms with Crippen LogP contribution in [0.4, 0.5) is 4.39 Å². The first-order valence-electron chi connectivity index (χ1n) is 10.4. The predicted octanol–water partition coefficient (Wildman–Crippen LogP) is 2.89. The Hall–Kier alpha value is -2.20. The molecular weight excluding hydrogens is 457 g/mol. The molecule has 1 heterocycles. The minimum atomic E-state index is -3.77. The average molecular weight is 482 g/mol. The highest BCUT2D eigenvalue weighted by molar-refractivity contribution is 7.89. The first-order valence-corrected chi connectivity index (χ1v) is 12.3. The van der Waals surface area contributed by atoms with Crippen molar-refractivity contribution in [3.8, 4) is 5.75 Å². The first kappa shape index (κ1) is 23.0. The number of methoxy groups -OCH3 is 1. The van der Waals surface area contributed by atoms with E-state index in [1.54, 1.807) is 17.0 Å². The lowest BCUT2D eigenvalue weighted by atomic mass is 10.1. The summed E-state index contributed by atoms with van der Waals surface area (Å²) in [6.07, 6.45) is 1.62. The number of carbonyl (C=O) groups excluding carboxylic acids is 1. The zero-order valence-electron chi connectivity index (χ0n) is 17.7. The fourth-order valence-electron chi connectivity index (χ4n) is 3.68. The normalized spacial score (nSPS) is 17.4. The number of hydrogen-bond donors (Lipinski definition) is 1. The van der Waals surface area contributed by atoms with Crippen molar-refractivity contribution in [1.29, 1.82) is 0 Å². The molecule has 32 heavy (non-hydrogen) atoms. The van der Waals surface area contributed by atoms with E-state index in [9.17, 15) is 17.6 Å². The second kappa shape index (κ2) is 9.35. The quantitative estimate of drug-likeness (QED) is 0.658. The maximum atomic E-state index is 13.9. The standard InChI is InChI=1S/C22H25ClFN3O4S/c1-31-20-7-2-15(12-19(20)24)14-26-8-10-27(11-9-26)22(28)16-3-6-18(23)21(13-16)32(29,30)25-17-4-5-17/h2-3,6-7,12-13,17,25H,4-5,8-11,14H2,1H3. The van der Waals surface area contributed by atoms with Crippen molar-refractivity contribution in [2.24, 2.45) is 0 Å². The van der Waals surface area contributed by atoms with Crippen molar-refractivity contribution in [2.75, 3.05) is 33.3 Å². The van der Waals surface area contributed by atoms with Crippen LogP contribution in [0.3, 0.4) is 0 Å². The lowest BCUT2D eigenvalue weighted by Gasteiger charge is -2.35. The van der Waals surface area contributed by atoms with Gasteiger partial charge >= 0.3 is 0 Å². The third-order valence-corrected chi connectivity index (χ3v) is 7.65. The molecular formula is C22H25ClFN3O4S. The van der Waals surface area contributed by atoms with Gasteiger partial charge in [-0.1, -0.05) is 17.7 Å². The molecule has 4 rings (SSSR count). The fraction of sp³-hybridized carbons (Fsp3) is 0.409. The number of nitrogens with one attached hydrogen (secondary N) is 1. The van der Waals surface area contributed by atoms with Gasteiger partial charge in [0.2, 0.25) is 10.0 Å². The van der Waals surface area contributed by atoms with Gasteiger partial charge in [-0.3, -0.25) is 9.69 Å². The fourth-order valence-corrected chi connectivity index (χ4v) is 5.52. The van der Waals surface area contributed by atoms with E-state index in [0.29, 0.717) is 32.7 Å². The first-order chi connectivity index (χ1) is 15.3.